The second-order valence-corrected chi connectivity index (χ2v) is 9.63. The van der Waals surface area contributed by atoms with Crippen molar-refractivity contribution in [3.63, 3.8) is 0 Å². The van der Waals surface area contributed by atoms with Crippen LogP contribution in [0.5, 0.6) is 0 Å². The topological polar surface area (TPSA) is 139 Å². The molecule has 0 fully saturated rings. The van der Waals surface area contributed by atoms with Gasteiger partial charge in [0.25, 0.3) is 0 Å². The van der Waals surface area contributed by atoms with Crippen LogP contribution in [0.3, 0.4) is 0 Å². The SMILES string of the molecule is CC(C)C(NC(=O)CCc1ccccc1)P(=O)(O)OC(CCCCCCN)C(=O)O. The second kappa shape index (κ2) is 13.5. The number of carboxylic acids is 1. The summed E-state index contributed by atoms with van der Waals surface area (Å²) < 4.78 is 18.0. The van der Waals surface area contributed by atoms with Crippen LogP contribution in [0.15, 0.2) is 30.3 Å². The summed E-state index contributed by atoms with van der Waals surface area (Å²) in [5, 5.41) is 12.0. The normalized spacial score (nSPS) is 15.4. The Hall–Kier alpha value is -1.73. The van der Waals surface area contributed by atoms with E-state index in [4.69, 9.17) is 10.3 Å². The molecule has 1 aromatic rings. The van der Waals surface area contributed by atoms with Crippen LogP contribution in [0.4, 0.5) is 0 Å². The van der Waals surface area contributed by atoms with Gasteiger partial charge >= 0.3 is 13.6 Å². The number of nitrogens with one attached hydrogen (secondary N) is 1. The first-order chi connectivity index (χ1) is 14.2. The van der Waals surface area contributed by atoms with Crippen LogP contribution in [0, 0.1) is 5.92 Å². The lowest BCUT2D eigenvalue weighted by atomic mass is 10.1. The molecule has 1 amide bonds. The Morgan fingerprint density at radius 2 is 1.77 bits per heavy atom. The third-order valence-electron chi connectivity index (χ3n) is 4.75. The molecule has 0 aliphatic heterocycles. The van der Waals surface area contributed by atoms with Crippen LogP contribution >= 0.6 is 7.60 Å². The zero-order valence-corrected chi connectivity index (χ0v) is 18.7. The monoisotopic (exact) mass is 442 g/mol. The van der Waals surface area contributed by atoms with Crippen molar-refractivity contribution in [1.82, 2.24) is 5.32 Å². The summed E-state index contributed by atoms with van der Waals surface area (Å²) in [5.41, 5.74) is 6.42. The molecule has 8 nitrogen and oxygen atoms in total. The molecule has 3 unspecified atom stereocenters. The number of amides is 1. The smallest absolute Gasteiger partial charge is 0.351 e. The average Bonchev–Trinajstić information content (AvgIpc) is 2.69. The van der Waals surface area contributed by atoms with Crippen molar-refractivity contribution in [3.8, 4) is 0 Å². The fourth-order valence-corrected chi connectivity index (χ4v) is 4.81. The van der Waals surface area contributed by atoms with Crippen molar-refractivity contribution < 1.29 is 28.7 Å². The maximum Gasteiger partial charge on any atom is 0.351 e. The molecule has 1 rings (SSSR count). The van der Waals surface area contributed by atoms with Crippen LogP contribution < -0.4 is 11.1 Å². The molecule has 1 aromatic carbocycles. The number of hydrogen-bond donors (Lipinski definition) is 4. The first-order valence-electron chi connectivity index (χ1n) is 10.4. The van der Waals surface area contributed by atoms with Gasteiger partial charge in [0, 0.05) is 6.42 Å². The summed E-state index contributed by atoms with van der Waals surface area (Å²) in [6.45, 7) is 3.93. The van der Waals surface area contributed by atoms with E-state index in [1.54, 1.807) is 13.8 Å². The van der Waals surface area contributed by atoms with Crippen LogP contribution in [-0.4, -0.2) is 40.3 Å². The summed E-state index contributed by atoms with van der Waals surface area (Å²) in [6.07, 6.45) is 2.40. The van der Waals surface area contributed by atoms with Crippen LogP contribution in [-0.2, 0) is 25.1 Å². The minimum atomic E-state index is -4.41. The molecule has 0 aliphatic carbocycles. The molecule has 170 valence electrons. The number of aliphatic carboxylic acids is 1. The largest absolute Gasteiger partial charge is 0.479 e. The summed E-state index contributed by atoms with van der Waals surface area (Å²) in [6, 6.07) is 9.44. The maximum absolute atomic E-state index is 12.9. The summed E-state index contributed by atoms with van der Waals surface area (Å²) in [5.74, 6) is -3.27. The minimum Gasteiger partial charge on any atom is -0.479 e. The highest BCUT2D eigenvalue weighted by Gasteiger charge is 2.40. The number of unbranched alkanes of at least 4 members (excludes halogenated alkanes) is 3. The van der Waals surface area contributed by atoms with Crippen molar-refractivity contribution in [3.05, 3.63) is 35.9 Å². The summed E-state index contributed by atoms with van der Waals surface area (Å²) >= 11 is 0. The number of benzene rings is 1. The van der Waals surface area contributed by atoms with E-state index in [9.17, 15) is 24.2 Å². The Kier molecular flexibility index (Phi) is 11.9. The second-order valence-electron chi connectivity index (χ2n) is 7.73. The fraction of sp³-hybridized carbons (Fsp3) is 0.619. The number of aryl methyl sites for hydroxylation is 1. The molecule has 0 aliphatic rings. The Morgan fingerprint density at radius 1 is 1.13 bits per heavy atom. The van der Waals surface area contributed by atoms with Crippen LogP contribution in [0.25, 0.3) is 0 Å². The Labute approximate surface area is 178 Å². The first-order valence-corrected chi connectivity index (χ1v) is 12.1. The van der Waals surface area contributed by atoms with E-state index in [2.05, 4.69) is 5.32 Å². The van der Waals surface area contributed by atoms with Gasteiger partial charge in [-0.2, -0.15) is 0 Å². The number of carbonyl (C=O) groups is 2. The van der Waals surface area contributed by atoms with Crippen molar-refractivity contribution in [2.45, 2.75) is 70.7 Å². The van der Waals surface area contributed by atoms with Crippen molar-refractivity contribution >= 4 is 19.5 Å². The zero-order chi connectivity index (χ0) is 22.6. The molecule has 0 saturated heterocycles. The van der Waals surface area contributed by atoms with E-state index >= 15 is 0 Å². The molecule has 9 heteroatoms. The van der Waals surface area contributed by atoms with E-state index in [0.717, 1.165) is 24.8 Å². The molecule has 0 spiro atoms. The molecule has 0 heterocycles. The van der Waals surface area contributed by atoms with E-state index in [0.29, 0.717) is 19.4 Å². The Balaban J connectivity index is 2.68. The van der Waals surface area contributed by atoms with Gasteiger partial charge in [-0.3, -0.25) is 13.9 Å². The fourth-order valence-electron chi connectivity index (χ4n) is 3.06. The molecule has 30 heavy (non-hydrogen) atoms. The predicted molar refractivity (Wildman–Crippen MR) is 116 cm³/mol. The number of carboxylic acid groups (broad SMARTS) is 1. The quantitative estimate of drug-likeness (QED) is 0.241. The number of carbonyl (C=O) groups excluding carboxylic acids is 1. The molecule has 0 bridgehead atoms. The van der Waals surface area contributed by atoms with Crippen LogP contribution in [0.1, 0.15) is 57.9 Å². The number of nitrogens with two attached hydrogens (primary N) is 1. The van der Waals surface area contributed by atoms with Gasteiger partial charge in [-0.25, -0.2) is 4.79 Å². The minimum absolute atomic E-state index is 0.122. The maximum atomic E-state index is 12.9. The lowest BCUT2D eigenvalue weighted by Crippen LogP contribution is -2.40. The van der Waals surface area contributed by atoms with Crippen LogP contribution in [0.2, 0.25) is 0 Å². The highest BCUT2D eigenvalue weighted by molar-refractivity contribution is 7.53. The number of rotatable bonds is 15. The zero-order valence-electron chi connectivity index (χ0n) is 17.8. The third kappa shape index (κ3) is 9.85. The van der Waals surface area contributed by atoms with Gasteiger partial charge in [0.15, 0.2) is 6.10 Å². The van der Waals surface area contributed by atoms with Crippen molar-refractivity contribution in [1.29, 1.82) is 0 Å². The first kappa shape index (κ1) is 26.3. The van der Waals surface area contributed by atoms with Gasteiger partial charge < -0.3 is 21.1 Å². The van der Waals surface area contributed by atoms with Gasteiger partial charge in [-0.05, 0) is 37.3 Å². The Morgan fingerprint density at radius 3 is 2.33 bits per heavy atom. The predicted octanol–water partition coefficient (Wildman–Crippen LogP) is 3.28. The molecule has 0 aromatic heterocycles. The van der Waals surface area contributed by atoms with Gasteiger partial charge in [-0.1, -0.05) is 63.4 Å². The van der Waals surface area contributed by atoms with E-state index in [1.807, 2.05) is 30.3 Å². The lowest BCUT2D eigenvalue weighted by Gasteiger charge is -2.28. The Bertz CT molecular complexity index is 698. The number of hydrogen-bond acceptors (Lipinski definition) is 5. The summed E-state index contributed by atoms with van der Waals surface area (Å²) in [7, 11) is -4.41. The van der Waals surface area contributed by atoms with E-state index in [-0.39, 0.29) is 18.7 Å². The highest BCUT2D eigenvalue weighted by atomic mass is 31.2. The molecule has 3 atom stereocenters. The molecular weight excluding hydrogens is 407 g/mol. The standard InChI is InChI=1S/C21H35N2O6P/c1-16(2)20(23-19(24)14-13-17-10-6-5-7-11-17)30(27,28)29-18(21(25)26)12-8-3-4-9-15-22/h5-7,10-11,16,18,20H,3-4,8-9,12-15,22H2,1-2H3,(H,23,24)(H,25,26)(H,27,28). The van der Waals surface area contributed by atoms with Gasteiger partial charge in [0.2, 0.25) is 5.91 Å². The molecular formula is C21H35N2O6P. The third-order valence-corrected chi connectivity index (χ3v) is 6.73. The lowest BCUT2D eigenvalue weighted by molar-refractivity contribution is -0.145. The van der Waals surface area contributed by atoms with E-state index in [1.165, 1.54) is 0 Å². The highest BCUT2D eigenvalue weighted by Crippen LogP contribution is 2.50. The van der Waals surface area contributed by atoms with Crippen molar-refractivity contribution in [2.75, 3.05) is 6.54 Å². The van der Waals surface area contributed by atoms with Gasteiger partial charge in [0.05, 0.1) is 0 Å². The average molecular weight is 442 g/mol. The summed E-state index contributed by atoms with van der Waals surface area (Å²) in [4.78, 5) is 34.3. The van der Waals surface area contributed by atoms with Gasteiger partial charge in [0.1, 0.15) is 5.78 Å². The molecule has 5 N–H and O–H groups in total. The van der Waals surface area contributed by atoms with Crippen molar-refractivity contribution in [2.24, 2.45) is 11.7 Å². The molecule has 0 saturated carbocycles. The molecule has 0 radical (unpaired) electrons. The van der Waals surface area contributed by atoms with Gasteiger partial charge in [-0.15, -0.1) is 0 Å². The van der Waals surface area contributed by atoms with E-state index < -0.39 is 31.4 Å².